The number of hydrogen-bond donors (Lipinski definition) is 1. The van der Waals surface area contributed by atoms with Gasteiger partial charge >= 0.3 is 12.3 Å². The molecule has 1 aromatic heterocycles. The zero-order valence-electron chi connectivity index (χ0n) is 13.1. The van der Waals surface area contributed by atoms with Crippen LogP contribution in [0.5, 0.6) is 5.88 Å². The molecule has 1 unspecified atom stereocenters. The van der Waals surface area contributed by atoms with Gasteiger partial charge in [0.05, 0.1) is 6.61 Å². The number of hydrogen-bond acceptors (Lipinski definition) is 3. The first-order valence-electron chi connectivity index (χ1n) is 7.95. The Bertz CT molecular complexity index is 613. The van der Waals surface area contributed by atoms with Crippen LogP contribution in [-0.2, 0) is 6.18 Å². The summed E-state index contributed by atoms with van der Waals surface area (Å²) in [6.45, 7) is 1.34. The summed E-state index contributed by atoms with van der Waals surface area (Å²) < 4.78 is 43.5. The molecule has 2 heterocycles. The van der Waals surface area contributed by atoms with Crippen molar-refractivity contribution in [1.82, 2.24) is 9.88 Å². The number of amides is 1. The Morgan fingerprint density at radius 2 is 2.04 bits per heavy atom. The van der Waals surface area contributed by atoms with E-state index in [-0.39, 0.29) is 17.2 Å². The highest BCUT2D eigenvalue weighted by Crippen LogP contribution is 2.53. The smallest absolute Gasteiger partial charge is 0.433 e. The molecule has 1 saturated heterocycles. The summed E-state index contributed by atoms with van der Waals surface area (Å²) in [5.74, 6) is 0.222. The molecular weight excluding hydrogens is 325 g/mol. The predicted molar refractivity (Wildman–Crippen MR) is 78.7 cm³/mol. The Morgan fingerprint density at radius 1 is 1.33 bits per heavy atom. The first-order valence-corrected chi connectivity index (χ1v) is 7.95. The number of pyridine rings is 1. The third-order valence-electron chi connectivity index (χ3n) is 5.33. The van der Waals surface area contributed by atoms with Crippen molar-refractivity contribution >= 4 is 6.09 Å². The van der Waals surface area contributed by atoms with E-state index in [9.17, 15) is 18.0 Å². The third kappa shape index (κ3) is 3.27. The number of piperidine rings is 1. The molecule has 1 N–H and O–H groups in total. The summed E-state index contributed by atoms with van der Waals surface area (Å²) in [5, 5.41) is 9.01. The summed E-state index contributed by atoms with van der Waals surface area (Å²) in [4.78, 5) is 15.9. The van der Waals surface area contributed by atoms with Gasteiger partial charge < -0.3 is 14.7 Å². The molecule has 132 valence electrons. The molecule has 1 atom stereocenters. The van der Waals surface area contributed by atoms with Crippen molar-refractivity contribution in [2.45, 2.75) is 31.9 Å². The first kappa shape index (κ1) is 16.9. The van der Waals surface area contributed by atoms with Gasteiger partial charge in [-0.3, -0.25) is 0 Å². The molecule has 1 amide bonds. The highest BCUT2D eigenvalue weighted by atomic mass is 19.4. The molecule has 1 aliphatic heterocycles. The lowest BCUT2D eigenvalue weighted by Gasteiger charge is -2.53. The normalized spacial score (nSPS) is 23.0. The maximum atomic E-state index is 12.7. The van der Waals surface area contributed by atoms with Crippen LogP contribution >= 0.6 is 0 Å². The van der Waals surface area contributed by atoms with Crippen LogP contribution in [0, 0.1) is 11.3 Å². The Labute approximate surface area is 137 Å². The monoisotopic (exact) mass is 344 g/mol. The van der Waals surface area contributed by atoms with E-state index in [0.717, 1.165) is 31.7 Å². The molecule has 3 rings (SSSR count). The van der Waals surface area contributed by atoms with E-state index in [2.05, 4.69) is 4.98 Å². The standard InChI is InChI=1S/C16H19F3N2O3/c17-16(18,19)12-2-1-3-13(20-12)24-10-11-4-5-15(11)6-8-21(9-7-15)14(22)23/h1-3,11H,4-10H2,(H,22,23). The molecule has 1 aromatic rings. The predicted octanol–water partition coefficient (Wildman–Crippen LogP) is 3.65. The van der Waals surface area contributed by atoms with Crippen molar-refractivity contribution in [3.8, 4) is 5.88 Å². The van der Waals surface area contributed by atoms with Crippen LogP contribution in [0.3, 0.4) is 0 Å². The fraction of sp³-hybridized carbons (Fsp3) is 0.625. The summed E-state index contributed by atoms with van der Waals surface area (Å²) in [6, 6.07) is 3.62. The van der Waals surface area contributed by atoms with Crippen LogP contribution in [0.15, 0.2) is 18.2 Å². The topological polar surface area (TPSA) is 62.7 Å². The van der Waals surface area contributed by atoms with Gasteiger partial charge in [0.25, 0.3) is 0 Å². The van der Waals surface area contributed by atoms with E-state index in [1.165, 1.54) is 17.0 Å². The number of aromatic nitrogens is 1. The van der Waals surface area contributed by atoms with Gasteiger partial charge in [-0.15, -0.1) is 0 Å². The molecule has 24 heavy (non-hydrogen) atoms. The number of likely N-dealkylation sites (tertiary alicyclic amines) is 1. The molecular formula is C16H19F3N2O3. The first-order chi connectivity index (χ1) is 11.3. The van der Waals surface area contributed by atoms with Crippen LogP contribution in [0.25, 0.3) is 0 Å². The quantitative estimate of drug-likeness (QED) is 0.909. The van der Waals surface area contributed by atoms with Crippen LogP contribution in [-0.4, -0.2) is 40.8 Å². The number of ether oxygens (including phenoxy) is 1. The van der Waals surface area contributed by atoms with Gasteiger partial charge in [0, 0.05) is 19.2 Å². The fourth-order valence-electron chi connectivity index (χ4n) is 3.66. The van der Waals surface area contributed by atoms with E-state index in [1.54, 1.807) is 0 Å². The van der Waals surface area contributed by atoms with Crippen molar-refractivity contribution in [3.63, 3.8) is 0 Å². The second kappa shape index (κ2) is 6.14. The van der Waals surface area contributed by atoms with Crippen LogP contribution in [0.4, 0.5) is 18.0 Å². The number of nitrogens with zero attached hydrogens (tertiary/aromatic N) is 2. The Kier molecular flexibility index (Phi) is 4.31. The Hall–Kier alpha value is -1.99. The molecule has 0 bridgehead atoms. The van der Waals surface area contributed by atoms with Gasteiger partial charge in [-0.2, -0.15) is 13.2 Å². The zero-order valence-corrected chi connectivity index (χ0v) is 13.1. The van der Waals surface area contributed by atoms with E-state index in [4.69, 9.17) is 9.84 Å². The molecule has 5 nitrogen and oxygen atoms in total. The minimum absolute atomic E-state index is 0.0187. The molecule has 0 radical (unpaired) electrons. The number of carbonyl (C=O) groups is 1. The molecule has 1 spiro atoms. The number of rotatable bonds is 3. The van der Waals surface area contributed by atoms with Gasteiger partial charge in [0.2, 0.25) is 5.88 Å². The van der Waals surface area contributed by atoms with E-state index < -0.39 is 18.0 Å². The molecule has 2 aliphatic rings. The van der Waals surface area contributed by atoms with Gasteiger partial charge in [0.1, 0.15) is 5.69 Å². The molecule has 1 aliphatic carbocycles. The third-order valence-corrected chi connectivity index (χ3v) is 5.33. The zero-order chi connectivity index (χ0) is 17.4. The van der Waals surface area contributed by atoms with E-state index in [0.29, 0.717) is 19.7 Å². The molecule has 2 fully saturated rings. The fourth-order valence-corrected chi connectivity index (χ4v) is 3.66. The second-order valence-electron chi connectivity index (χ2n) is 6.54. The lowest BCUT2D eigenvalue weighted by atomic mass is 9.56. The summed E-state index contributed by atoms with van der Waals surface area (Å²) in [5.41, 5.74) is -0.897. The second-order valence-corrected chi connectivity index (χ2v) is 6.54. The number of halogens is 3. The van der Waals surface area contributed by atoms with Gasteiger partial charge in [-0.1, -0.05) is 6.07 Å². The van der Waals surface area contributed by atoms with Crippen molar-refractivity contribution in [3.05, 3.63) is 23.9 Å². The lowest BCUT2D eigenvalue weighted by molar-refractivity contribution is -0.141. The highest BCUT2D eigenvalue weighted by Gasteiger charge is 2.48. The average Bonchev–Trinajstić information content (AvgIpc) is 2.53. The SMILES string of the molecule is O=C(O)N1CCC2(CCC2COc2cccc(C(F)(F)F)n2)CC1. The number of carboxylic acid groups (broad SMARTS) is 1. The minimum Gasteiger partial charge on any atom is -0.477 e. The maximum Gasteiger partial charge on any atom is 0.433 e. The minimum atomic E-state index is -4.49. The highest BCUT2D eigenvalue weighted by molar-refractivity contribution is 5.65. The summed E-state index contributed by atoms with van der Waals surface area (Å²) in [7, 11) is 0. The lowest BCUT2D eigenvalue weighted by Crippen LogP contribution is -2.51. The summed E-state index contributed by atoms with van der Waals surface area (Å²) >= 11 is 0. The average molecular weight is 344 g/mol. The largest absolute Gasteiger partial charge is 0.477 e. The Balaban J connectivity index is 1.57. The van der Waals surface area contributed by atoms with Gasteiger partial charge in [0.15, 0.2) is 0 Å². The van der Waals surface area contributed by atoms with Crippen LogP contribution in [0.1, 0.15) is 31.4 Å². The molecule has 1 saturated carbocycles. The molecule has 0 aromatic carbocycles. The van der Waals surface area contributed by atoms with Crippen LogP contribution < -0.4 is 4.74 Å². The van der Waals surface area contributed by atoms with Gasteiger partial charge in [-0.25, -0.2) is 9.78 Å². The Morgan fingerprint density at radius 3 is 2.58 bits per heavy atom. The van der Waals surface area contributed by atoms with E-state index in [1.807, 2.05) is 0 Å². The van der Waals surface area contributed by atoms with Crippen molar-refractivity contribution in [2.75, 3.05) is 19.7 Å². The summed E-state index contributed by atoms with van der Waals surface area (Å²) in [6.07, 6.45) is -1.85. The van der Waals surface area contributed by atoms with Crippen molar-refractivity contribution < 1.29 is 27.8 Å². The van der Waals surface area contributed by atoms with E-state index >= 15 is 0 Å². The molecule has 8 heteroatoms. The van der Waals surface area contributed by atoms with Crippen LogP contribution in [0.2, 0.25) is 0 Å². The van der Waals surface area contributed by atoms with Crippen molar-refractivity contribution in [1.29, 1.82) is 0 Å². The maximum absolute atomic E-state index is 12.7. The number of alkyl halides is 3. The van der Waals surface area contributed by atoms with Crippen molar-refractivity contribution in [2.24, 2.45) is 11.3 Å². The van der Waals surface area contributed by atoms with Gasteiger partial charge in [-0.05, 0) is 43.1 Å².